The van der Waals surface area contributed by atoms with Crippen LogP contribution in [0.2, 0.25) is 0 Å². The van der Waals surface area contributed by atoms with Gasteiger partial charge in [0.05, 0.1) is 12.6 Å². The van der Waals surface area contributed by atoms with Gasteiger partial charge in [0.2, 0.25) is 5.91 Å². The summed E-state index contributed by atoms with van der Waals surface area (Å²) in [7, 11) is 0. The number of ether oxygens (including phenoxy) is 1. The van der Waals surface area contributed by atoms with Gasteiger partial charge in [0, 0.05) is 12.8 Å². The zero-order valence-corrected chi connectivity index (χ0v) is 8.54. The molecule has 3 nitrogen and oxygen atoms in total. The normalized spacial score (nSPS) is 38.9. The van der Waals surface area contributed by atoms with Crippen molar-refractivity contribution in [1.82, 2.24) is 4.90 Å². The van der Waals surface area contributed by atoms with E-state index in [9.17, 15) is 4.79 Å². The average molecular weight is 183 g/mol. The molecule has 0 bridgehead atoms. The highest BCUT2D eigenvalue weighted by atomic mass is 16.5. The summed E-state index contributed by atoms with van der Waals surface area (Å²) >= 11 is 0. The first-order chi connectivity index (χ1) is 6.04. The van der Waals surface area contributed by atoms with Crippen LogP contribution in [-0.2, 0) is 9.53 Å². The third-order valence-corrected chi connectivity index (χ3v) is 3.25. The lowest BCUT2D eigenvalue weighted by Gasteiger charge is -2.31. The van der Waals surface area contributed by atoms with Crippen LogP contribution in [0.25, 0.3) is 0 Å². The molecule has 0 saturated carbocycles. The summed E-state index contributed by atoms with van der Waals surface area (Å²) in [6, 6.07) is 0.292. The maximum Gasteiger partial charge on any atom is 0.225 e. The summed E-state index contributed by atoms with van der Waals surface area (Å²) in [5, 5.41) is 0. The molecule has 2 rings (SSSR count). The monoisotopic (exact) mass is 183 g/mol. The van der Waals surface area contributed by atoms with Gasteiger partial charge in [-0.1, -0.05) is 13.8 Å². The van der Waals surface area contributed by atoms with Crippen molar-refractivity contribution in [3.8, 4) is 0 Å². The molecule has 0 aromatic rings. The van der Waals surface area contributed by atoms with Crippen molar-refractivity contribution >= 4 is 5.91 Å². The first kappa shape index (κ1) is 9.00. The molecule has 0 N–H and O–H groups in total. The van der Waals surface area contributed by atoms with Crippen molar-refractivity contribution in [1.29, 1.82) is 0 Å². The van der Waals surface area contributed by atoms with E-state index >= 15 is 0 Å². The molecule has 3 heteroatoms. The van der Waals surface area contributed by atoms with Crippen LogP contribution in [0.1, 0.15) is 33.6 Å². The van der Waals surface area contributed by atoms with Crippen LogP contribution in [0, 0.1) is 5.92 Å². The zero-order chi connectivity index (χ0) is 9.64. The first-order valence-electron chi connectivity index (χ1n) is 5.01. The van der Waals surface area contributed by atoms with E-state index in [0.29, 0.717) is 25.0 Å². The van der Waals surface area contributed by atoms with Gasteiger partial charge in [-0.2, -0.15) is 0 Å². The second-order valence-corrected chi connectivity index (χ2v) is 4.56. The summed E-state index contributed by atoms with van der Waals surface area (Å²) < 4.78 is 5.71. The van der Waals surface area contributed by atoms with E-state index in [2.05, 4.69) is 13.8 Å². The molecule has 0 unspecified atom stereocenters. The fraction of sp³-hybridized carbons (Fsp3) is 0.900. The van der Waals surface area contributed by atoms with Gasteiger partial charge in [-0.05, 0) is 12.8 Å². The van der Waals surface area contributed by atoms with E-state index < -0.39 is 0 Å². The average Bonchev–Trinajstić information content (AvgIpc) is 2.50. The Labute approximate surface area is 79.0 Å². The number of hydrogen-bond acceptors (Lipinski definition) is 2. The fourth-order valence-corrected chi connectivity index (χ4v) is 2.35. The molecule has 0 aliphatic carbocycles. The number of amides is 1. The zero-order valence-electron chi connectivity index (χ0n) is 8.54. The number of carbonyl (C=O) groups is 1. The molecule has 2 atom stereocenters. The maximum atomic E-state index is 11.6. The van der Waals surface area contributed by atoms with Crippen LogP contribution in [0.4, 0.5) is 0 Å². The van der Waals surface area contributed by atoms with Gasteiger partial charge >= 0.3 is 0 Å². The fourth-order valence-electron chi connectivity index (χ4n) is 2.35. The highest BCUT2D eigenvalue weighted by Crippen LogP contribution is 2.39. The van der Waals surface area contributed by atoms with E-state index in [4.69, 9.17) is 4.74 Å². The maximum absolute atomic E-state index is 11.6. The van der Waals surface area contributed by atoms with Crippen molar-refractivity contribution in [2.24, 2.45) is 5.92 Å². The number of fused-ring (bicyclic) bond motifs is 1. The third kappa shape index (κ3) is 1.17. The smallest absolute Gasteiger partial charge is 0.225 e. The number of nitrogens with zero attached hydrogens (tertiary/aromatic N) is 1. The molecule has 2 fully saturated rings. The lowest BCUT2D eigenvalue weighted by atomic mass is 10.0. The molecule has 0 spiro atoms. The molecule has 13 heavy (non-hydrogen) atoms. The van der Waals surface area contributed by atoms with Gasteiger partial charge in [0.1, 0.15) is 5.72 Å². The lowest BCUT2D eigenvalue weighted by molar-refractivity contribution is -0.137. The molecule has 0 aromatic carbocycles. The quantitative estimate of drug-likeness (QED) is 0.614. The Morgan fingerprint density at radius 2 is 2.31 bits per heavy atom. The summed E-state index contributed by atoms with van der Waals surface area (Å²) in [5.41, 5.74) is -0.286. The molecule has 74 valence electrons. The Morgan fingerprint density at radius 1 is 1.62 bits per heavy atom. The third-order valence-electron chi connectivity index (χ3n) is 3.25. The molecule has 2 saturated heterocycles. The van der Waals surface area contributed by atoms with Gasteiger partial charge in [-0.3, -0.25) is 4.79 Å². The minimum absolute atomic E-state index is 0.263. The molecular formula is C10H17NO2. The number of carbonyl (C=O) groups excluding carboxylic acids is 1. The minimum atomic E-state index is -0.286. The Morgan fingerprint density at radius 3 is 2.92 bits per heavy atom. The lowest BCUT2D eigenvalue weighted by Crippen LogP contribution is -2.45. The van der Waals surface area contributed by atoms with Crippen molar-refractivity contribution in [3.63, 3.8) is 0 Å². The Kier molecular flexibility index (Phi) is 1.88. The van der Waals surface area contributed by atoms with Crippen molar-refractivity contribution in [3.05, 3.63) is 0 Å². The van der Waals surface area contributed by atoms with Crippen molar-refractivity contribution < 1.29 is 9.53 Å². The second-order valence-electron chi connectivity index (χ2n) is 4.56. The summed E-state index contributed by atoms with van der Waals surface area (Å²) in [6.45, 7) is 7.02. The molecular weight excluding hydrogens is 166 g/mol. The van der Waals surface area contributed by atoms with Gasteiger partial charge in [-0.25, -0.2) is 0 Å². The predicted molar refractivity (Wildman–Crippen MR) is 49.1 cm³/mol. The second kappa shape index (κ2) is 2.71. The SMILES string of the molecule is CC(C)[C@@H]1CO[C@]2(C)CCC(=O)N12. The Bertz CT molecular complexity index is 239. The van der Waals surface area contributed by atoms with E-state index in [1.54, 1.807) is 0 Å². The van der Waals surface area contributed by atoms with E-state index in [0.717, 1.165) is 6.42 Å². The molecule has 0 radical (unpaired) electrons. The van der Waals surface area contributed by atoms with Gasteiger partial charge in [-0.15, -0.1) is 0 Å². The summed E-state index contributed by atoms with van der Waals surface area (Å²) in [6.07, 6.45) is 1.51. The van der Waals surface area contributed by atoms with E-state index in [1.165, 1.54) is 0 Å². The minimum Gasteiger partial charge on any atom is -0.354 e. The van der Waals surface area contributed by atoms with Crippen molar-refractivity contribution in [2.75, 3.05) is 6.61 Å². The molecule has 1 amide bonds. The number of hydrogen-bond donors (Lipinski definition) is 0. The summed E-state index contributed by atoms with van der Waals surface area (Å²) in [4.78, 5) is 13.6. The predicted octanol–water partition coefficient (Wildman–Crippen LogP) is 1.38. The molecule has 0 aromatic heterocycles. The van der Waals surface area contributed by atoms with Gasteiger partial charge in [0.15, 0.2) is 0 Å². The van der Waals surface area contributed by atoms with Crippen LogP contribution in [-0.4, -0.2) is 29.2 Å². The highest BCUT2D eigenvalue weighted by molar-refractivity contribution is 5.80. The topological polar surface area (TPSA) is 29.5 Å². The van der Waals surface area contributed by atoms with E-state index in [-0.39, 0.29) is 11.6 Å². The molecule has 2 aliphatic heterocycles. The van der Waals surface area contributed by atoms with Crippen molar-refractivity contribution in [2.45, 2.75) is 45.4 Å². The van der Waals surface area contributed by atoms with Gasteiger partial charge < -0.3 is 9.64 Å². The largest absolute Gasteiger partial charge is 0.354 e. The highest BCUT2D eigenvalue weighted by Gasteiger charge is 2.51. The number of rotatable bonds is 1. The first-order valence-corrected chi connectivity index (χ1v) is 5.01. The Hall–Kier alpha value is -0.570. The van der Waals surface area contributed by atoms with Crippen LogP contribution in [0.15, 0.2) is 0 Å². The Balaban J connectivity index is 2.25. The van der Waals surface area contributed by atoms with Crippen LogP contribution >= 0.6 is 0 Å². The van der Waals surface area contributed by atoms with Crippen LogP contribution < -0.4 is 0 Å². The molecule has 2 heterocycles. The standard InChI is InChI=1S/C10H17NO2/c1-7(2)8-6-13-10(3)5-4-9(12)11(8)10/h7-8H,4-6H2,1-3H3/t8-,10+/m0/s1. The van der Waals surface area contributed by atoms with E-state index in [1.807, 2.05) is 11.8 Å². The van der Waals surface area contributed by atoms with Gasteiger partial charge in [0.25, 0.3) is 0 Å². The molecule has 2 aliphatic rings. The van der Waals surface area contributed by atoms with Crippen LogP contribution in [0.5, 0.6) is 0 Å². The van der Waals surface area contributed by atoms with Crippen LogP contribution in [0.3, 0.4) is 0 Å². The summed E-state index contributed by atoms with van der Waals surface area (Å²) in [5.74, 6) is 0.752.